The second kappa shape index (κ2) is 7.58. The fourth-order valence-corrected chi connectivity index (χ4v) is 1.36. The first-order chi connectivity index (χ1) is 9.79. The molecule has 0 amide bonds. The van der Waals surface area contributed by atoms with E-state index in [2.05, 4.69) is 22.2 Å². The molecule has 114 valence electrons. The number of hydrogen-bond acceptors (Lipinski definition) is 1. The van der Waals surface area contributed by atoms with E-state index in [1.165, 1.54) is 12.1 Å². The zero-order chi connectivity index (χ0) is 15.9. The molecule has 0 atom stereocenters. The molecule has 1 aromatic rings. The highest BCUT2D eigenvalue weighted by molar-refractivity contribution is 5.78. The van der Waals surface area contributed by atoms with E-state index in [9.17, 15) is 13.2 Å². The molecule has 0 radical (unpaired) electrons. The molecule has 6 heteroatoms. The summed E-state index contributed by atoms with van der Waals surface area (Å²) in [7, 11) is 0. The van der Waals surface area contributed by atoms with E-state index >= 15 is 0 Å². The van der Waals surface area contributed by atoms with Crippen LogP contribution >= 0.6 is 0 Å². The molecule has 0 aromatic heterocycles. The Balaban J connectivity index is 2.50. The van der Waals surface area contributed by atoms with Gasteiger partial charge in [0.05, 0.1) is 12.1 Å². The van der Waals surface area contributed by atoms with Crippen LogP contribution in [0.5, 0.6) is 0 Å². The molecule has 3 N–H and O–H groups in total. The van der Waals surface area contributed by atoms with Crippen molar-refractivity contribution >= 4 is 5.96 Å². The van der Waals surface area contributed by atoms with Crippen LogP contribution in [0.1, 0.15) is 25.0 Å². The summed E-state index contributed by atoms with van der Waals surface area (Å²) in [6.07, 6.45) is -4.32. The number of benzene rings is 1. The fourth-order valence-electron chi connectivity index (χ4n) is 1.36. The lowest BCUT2D eigenvalue weighted by Crippen LogP contribution is -2.32. The summed E-state index contributed by atoms with van der Waals surface area (Å²) in [6.45, 7) is 4.97. The van der Waals surface area contributed by atoms with Gasteiger partial charge in [0.15, 0.2) is 5.96 Å². The monoisotopic (exact) mass is 297 g/mol. The van der Waals surface area contributed by atoms with Gasteiger partial charge in [0, 0.05) is 12.1 Å². The Kier molecular flexibility index (Phi) is 6.10. The van der Waals surface area contributed by atoms with E-state index in [-0.39, 0.29) is 6.54 Å². The molecule has 0 saturated carbocycles. The van der Waals surface area contributed by atoms with Crippen LogP contribution in [0.2, 0.25) is 0 Å². The van der Waals surface area contributed by atoms with Crippen LogP contribution in [0.3, 0.4) is 0 Å². The SMILES string of the molecule is CC(C)CN=C(N)NCC#Cc1ccc(C(F)(F)F)cc1. The molecule has 1 rings (SSSR count). The molecule has 21 heavy (non-hydrogen) atoms. The molecule has 0 aliphatic rings. The first-order valence-electron chi connectivity index (χ1n) is 6.49. The van der Waals surface area contributed by atoms with Gasteiger partial charge in [-0.15, -0.1) is 0 Å². The number of halogens is 3. The molecule has 3 nitrogen and oxygen atoms in total. The number of nitrogens with two attached hydrogens (primary N) is 1. The maximum absolute atomic E-state index is 12.4. The Hall–Kier alpha value is -2.16. The third kappa shape index (κ3) is 6.70. The quantitative estimate of drug-likeness (QED) is 0.512. The molecule has 0 aliphatic carbocycles. The summed E-state index contributed by atoms with van der Waals surface area (Å²) in [5.74, 6) is 6.26. The Morgan fingerprint density at radius 3 is 2.43 bits per heavy atom. The summed E-state index contributed by atoms with van der Waals surface area (Å²) in [6, 6.07) is 4.70. The molecule has 0 saturated heterocycles. The molecule has 0 aliphatic heterocycles. The van der Waals surface area contributed by atoms with Gasteiger partial charge in [0.1, 0.15) is 0 Å². The van der Waals surface area contributed by atoms with Crippen molar-refractivity contribution in [1.82, 2.24) is 5.32 Å². The minimum absolute atomic E-state index is 0.286. The molecule has 0 fully saturated rings. The smallest absolute Gasteiger partial charge is 0.370 e. The van der Waals surface area contributed by atoms with Crippen LogP contribution < -0.4 is 11.1 Å². The van der Waals surface area contributed by atoms with Crippen LogP contribution in [-0.2, 0) is 6.18 Å². The standard InChI is InChI=1S/C15H18F3N3/c1-11(2)10-21-14(19)20-9-3-4-12-5-7-13(8-6-12)15(16,17)18/h5-8,11H,9-10H2,1-2H3,(H3,19,20,21). The minimum atomic E-state index is -4.32. The zero-order valence-electron chi connectivity index (χ0n) is 12.0. The second-order valence-electron chi connectivity index (χ2n) is 4.85. The fraction of sp³-hybridized carbons (Fsp3) is 0.400. The van der Waals surface area contributed by atoms with Crippen molar-refractivity contribution in [2.75, 3.05) is 13.1 Å². The van der Waals surface area contributed by atoms with E-state index in [1.54, 1.807) is 0 Å². The van der Waals surface area contributed by atoms with Crippen LogP contribution in [0, 0.1) is 17.8 Å². The van der Waals surface area contributed by atoms with Crippen LogP contribution in [0.25, 0.3) is 0 Å². The van der Waals surface area contributed by atoms with Crippen LogP contribution in [0.15, 0.2) is 29.3 Å². The summed E-state index contributed by atoms with van der Waals surface area (Å²) in [4.78, 5) is 4.10. The van der Waals surface area contributed by atoms with E-state index in [0.717, 1.165) is 12.1 Å². The number of nitrogens with zero attached hydrogens (tertiary/aromatic N) is 1. The third-order valence-corrected chi connectivity index (χ3v) is 2.43. The predicted octanol–water partition coefficient (Wildman–Crippen LogP) is 2.62. The van der Waals surface area contributed by atoms with Crippen molar-refractivity contribution in [3.63, 3.8) is 0 Å². The van der Waals surface area contributed by atoms with Gasteiger partial charge in [-0.1, -0.05) is 25.7 Å². The Bertz CT molecular complexity index is 534. The lowest BCUT2D eigenvalue weighted by Gasteiger charge is -2.05. The average Bonchev–Trinajstić information content (AvgIpc) is 2.41. The van der Waals surface area contributed by atoms with Gasteiger partial charge in [-0.05, 0) is 30.2 Å². The number of guanidine groups is 1. The minimum Gasteiger partial charge on any atom is -0.370 e. The van der Waals surface area contributed by atoms with Crippen molar-refractivity contribution in [3.05, 3.63) is 35.4 Å². The van der Waals surface area contributed by atoms with Gasteiger partial charge in [-0.25, -0.2) is 0 Å². The lowest BCUT2D eigenvalue weighted by atomic mass is 10.1. The Morgan fingerprint density at radius 2 is 1.90 bits per heavy atom. The number of nitrogens with one attached hydrogen (secondary N) is 1. The van der Waals surface area contributed by atoms with Gasteiger partial charge in [-0.3, -0.25) is 4.99 Å². The number of aliphatic imine (C=N–C) groups is 1. The molecule has 0 unspecified atom stereocenters. The van der Waals surface area contributed by atoms with Gasteiger partial charge in [0.25, 0.3) is 0 Å². The maximum atomic E-state index is 12.4. The van der Waals surface area contributed by atoms with E-state index in [0.29, 0.717) is 24.0 Å². The molecule has 0 heterocycles. The summed E-state index contributed by atoms with van der Waals surface area (Å²) in [5, 5.41) is 2.82. The highest BCUT2D eigenvalue weighted by Crippen LogP contribution is 2.28. The van der Waals surface area contributed by atoms with Crippen molar-refractivity contribution in [1.29, 1.82) is 0 Å². The molecule has 0 spiro atoms. The predicted molar refractivity (Wildman–Crippen MR) is 77.7 cm³/mol. The highest BCUT2D eigenvalue weighted by Gasteiger charge is 2.29. The Labute approximate surface area is 122 Å². The first-order valence-corrected chi connectivity index (χ1v) is 6.49. The van der Waals surface area contributed by atoms with Gasteiger partial charge in [-0.2, -0.15) is 13.2 Å². The second-order valence-corrected chi connectivity index (χ2v) is 4.85. The maximum Gasteiger partial charge on any atom is 0.416 e. The number of rotatable bonds is 3. The number of alkyl halides is 3. The zero-order valence-corrected chi connectivity index (χ0v) is 12.0. The summed E-state index contributed by atoms with van der Waals surface area (Å²) in [5.41, 5.74) is 5.45. The van der Waals surface area contributed by atoms with Gasteiger partial charge in [0.2, 0.25) is 0 Å². The summed E-state index contributed by atoms with van der Waals surface area (Å²) < 4.78 is 37.1. The van der Waals surface area contributed by atoms with Crippen molar-refractivity contribution in [2.24, 2.45) is 16.6 Å². The highest BCUT2D eigenvalue weighted by atomic mass is 19.4. The topological polar surface area (TPSA) is 50.4 Å². The molecular weight excluding hydrogens is 279 g/mol. The van der Waals surface area contributed by atoms with E-state index in [4.69, 9.17) is 5.73 Å². The van der Waals surface area contributed by atoms with Crippen molar-refractivity contribution in [2.45, 2.75) is 20.0 Å². The normalized spacial score (nSPS) is 12.0. The summed E-state index contributed by atoms with van der Waals surface area (Å²) >= 11 is 0. The molecular formula is C15H18F3N3. The molecule has 0 bridgehead atoms. The van der Waals surface area contributed by atoms with Gasteiger partial charge < -0.3 is 11.1 Å². The number of hydrogen-bond donors (Lipinski definition) is 2. The largest absolute Gasteiger partial charge is 0.416 e. The van der Waals surface area contributed by atoms with Crippen molar-refractivity contribution < 1.29 is 13.2 Å². The third-order valence-electron chi connectivity index (χ3n) is 2.43. The van der Waals surface area contributed by atoms with Crippen molar-refractivity contribution in [3.8, 4) is 11.8 Å². The average molecular weight is 297 g/mol. The lowest BCUT2D eigenvalue weighted by molar-refractivity contribution is -0.137. The van der Waals surface area contributed by atoms with Gasteiger partial charge >= 0.3 is 6.18 Å². The first kappa shape index (κ1) is 16.9. The van der Waals surface area contributed by atoms with E-state index in [1.807, 2.05) is 13.8 Å². The van der Waals surface area contributed by atoms with Crippen LogP contribution in [0.4, 0.5) is 13.2 Å². The Morgan fingerprint density at radius 1 is 1.29 bits per heavy atom. The molecule has 1 aromatic carbocycles. The van der Waals surface area contributed by atoms with E-state index < -0.39 is 11.7 Å². The van der Waals surface area contributed by atoms with Crippen LogP contribution in [-0.4, -0.2) is 19.0 Å².